The van der Waals surface area contributed by atoms with Crippen molar-refractivity contribution in [3.05, 3.63) is 0 Å². The van der Waals surface area contributed by atoms with Gasteiger partial charge in [0.1, 0.15) is 0 Å². The van der Waals surface area contributed by atoms with E-state index in [-0.39, 0.29) is 0 Å². The van der Waals surface area contributed by atoms with Crippen molar-refractivity contribution >= 4 is 27.1 Å². The Morgan fingerprint density at radius 1 is 1.00 bits per heavy atom. The first-order valence-electron chi connectivity index (χ1n) is 4.81. The fourth-order valence-corrected chi connectivity index (χ4v) is 3.43. The molecule has 0 saturated heterocycles. The van der Waals surface area contributed by atoms with Crippen LogP contribution >= 0.6 is 15.2 Å². The number of esters is 2. The highest BCUT2D eigenvalue weighted by atomic mass is 31.2. The molecule has 0 rings (SSSR count). The lowest BCUT2D eigenvalue weighted by Crippen LogP contribution is -2.38. The predicted molar refractivity (Wildman–Crippen MR) is 61.2 cm³/mol. The first-order chi connectivity index (χ1) is 8.81. The summed E-state index contributed by atoms with van der Waals surface area (Å²) >= 11 is 0. The summed E-state index contributed by atoms with van der Waals surface area (Å²) in [5.41, 5.74) is 0. The monoisotopic (exact) mass is 336 g/mol. The van der Waals surface area contributed by atoms with Gasteiger partial charge in [0, 0.05) is 6.42 Å². The number of methoxy groups -OCH3 is 2. The van der Waals surface area contributed by atoms with Crippen molar-refractivity contribution in [3.8, 4) is 0 Å². The van der Waals surface area contributed by atoms with Gasteiger partial charge < -0.3 is 34.2 Å². The molecule has 5 N–H and O–H groups in total. The molecule has 0 aromatic rings. The zero-order chi connectivity index (χ0) is 16.4. The third kappa shape index (κ3) is 3.86. The second-order valence-electron chi connectivity index (χ2n) is 3.67. The maximum atomic E-state index is 11.3. The van der Waals surface area contributed by atoms with Gasteiger partial charge in [0.25, 0.3) is 5.08 Å². The van der Waals surface area contributed by atoms with Crippen LogP contribution < -0.4 is 0 Å². The Kier molecular flexibility index (Phi) is 6.06. The molecule has 0 heterocycles. The highest BCUT2D eigenvalue weighted by Crippen LogP contribution is 2.69. The summed E-state index contributed by atoms with van der Waals surface area (Å²) in [7, 11) is -9.92. The largest absolute Gasteiger partial charge is 0.468 e. The minimum atomic E-state index is -5.79. The van der Waals surface area contributed by atoms with Gasteiger partial charge in [-0.1, -0.05) is 0 Å². The van der Waals surface area contributed by atoms with Gasteiger partial charge in [0.05, 0.1) is 14.2 Å². The summed E-state index contributed by atoms with van der Waals surface area (Å²) in [6.07, 6.45) is -1.57. The van der Waals surface area contributed by atoms with Crippen LogP contribution in [0.25, 0.3) is 0 Å². The molecule has 0 aromatic heterocycles. The van der Waals surface area contributed by atoms with Crippen molar-refractivity contribution in [1.82, 2.24) is 0 Å². The molecule has 0 radical (unpaired) electrons. The Bertz CT molecular complexity index is 435. The lowest BCUT2D eigenvalue weighted by molar-refractivity contribution is -0.160. The number of carbonyl (C=O) groups is 2. The molecule has 13 heteroatoms. The molecule has 0 unspecified atom stereocenters. The van der Waals surface area contributed by atoms with Crippen LogP contribution in [0, 0.1) is 5.92 Å². The van der Waals surface area contributed by atoms with Gasteiger partial charge in [-0.05, 0) is 0 Å². The number of ether oxygens (including phenoxy) is 2. The summed E-state index contributed by atoms with van der Waals surface area (Å²) in [5, 5.41) is 5.69. The normalized spacial score (nSPS) is 13.2. The lowest BCUT2D eigenvalue weighted by Gasteiger charge is -2.30. The van der Waals surface area contributed by atoms with Crippen molar-refractivity contribution in [1.29, 1.82) is 0 Å². The van der Waals surface area contributed by atoms with Crippen LogP contribution in [0.15, 0.2) is 0 Å². The minimum absolute atomic E-state index is 0.826. The average Bonchev–Trinajstić information content (AvgIpc) is 2.30. The van der Waals surface area contributed by atoms with E-state index in [4.69, 9.17) is 19.6 Å². The Balaban J connectivity index is 5.77. The lowest BCUT2D eigenvalue weighted by atomic mass is 10.1. The van der Waals surface area contributed by atoms with E-state index < -0.39 is 44.6 Å². The van der Waals surface area contributed by atoms with Crippen molar-refractivity contribution in [2.75, 3.05) is 14.2 Å². The van der Waals surface area contributed by atoms with E-state index in [1.54, 1.807) is 0 Å². The first kappa shape index (κ1) is 19.2. The number of aliphatic hydroxyl groups is 1. The van der Waals surface area contributed by atoms with Gasteiger partial charge in [-0.3, -0.25) is 18.7 Å². The zero-order valence-corrected chi connectivity index (χ0v) is 12.2. The standard InChI is InChI=1S/C7H14O11P2/c1-17-5(8)4(6(9)18-2)3-7(10,19(11,12)13)20(14,15)16/h4,10H,3H2,1-2H3,(H2,11,12,13)(H2,14,15,16). The Morgan fingerprint density at radius 2 is 1.30 bits per heavy atom. The van der Waals surface area contributed by atoms with E-state index in [0.717, 1.165) is 14.2 Å². The van der Waals surface area contributed by atoms with Gasteiger partial charge in [-0.25, -0.2) is 0 Å². The maximum Gasteiger partial charge on any atom is 0.369 e. The van der Waals surface area contributed by atoms with Gasteiger partial charge in [0.15, 0.2) is 5.92 Å². The van der Waals surface area contributed by atoms with E-state index in [9.17, 15) is 23.8 Å². The second-order valence-corrected chi connectivity index (χ2v) is 7.67. The topological polar surface area (TPSA) is 188 Å². The predicted octanol–water partition coefficient (Wildman–Crippen LogP) is -1.66. The summed E-state index contributed by atoms with van der Waals surface area (Å²) < 4.78 is 30.5. The molecular weight excluding hydrogens is 322 g/mol. The summed E-state index contributed by atoms with van der Waals surface area (Å²) in [5.74, 6) is -4.87. The summed E-state index contributed by atoms with van der Waals surface area (Å²) in [4.78, 5) is 58.2. The molecule has 20 heavy (non-hydrogen) atoms. The Hall–Kier alpha value is -0.800. The quantitative estimate of drug-likeness (QED) is 0.212. The molecule has 0 aliphatic heterocycles. The molecular formula is C7H14O11P2. The number of hydrogen-bond acceptors (Lipinski definition) is 7. The summed E-state index contributed by atoms with van der Waals surface area (Å²) in [6.45, 7) is 0. The highest BCUT2D eigenvalue weighted by molar-refractivity contribution is 7.72. The Morgan fingerprint density at radius 3 is 1.50 bits per heavy atom. The van der Waals surface area contributed by atoms with Crippen LogP contribution in [0.4, 0.5) is 0 Å². The van der Waals surface area contributed by atoms with Crippen molar-refractivity contribution in [2.24, 2.45) is 5.92 Å². The highest BCUT2D eigenvalue weighted by Gasteiger charge is 2.61. The van der Waals surface area contributed by atoms with Gasteiger partial charge in [-0.2, -0.15) is 0 Å². The molecule has 0 aliphatic carbocycles. The molecule has 0 aromatic carbocycles. The van der Waals surface area contributed by atoms with Gasteiger partial charge >= 0.3 is 27.1 Å². The number of carbonyl (C=O) groups excluding carboxylic acids is 2. The number of rotatable bonds is 6. The molecule has 0 atom stereocenters. The van der Waals surface area contributed by atoms with Crippen LogP contribution in [0.5, 0.6) is 0 Å². The van der Waals surface area contributed by atoms with Crippen LogP contribution in [0.1, 0.15) is 6.42 Å². The molecule has 0 amide bonds. The summed E-state index contributed by atoms with van der Waals surface area (Å²) in [6, 6.07) is 0. The van der Waals surface area contributed by atoms with Crippen molar-refractivity contribution in [2.45, 2.75) is 11.5 Å². The third-order valence-corrected chi connectivity index (χ3v) is 6.18. The Labute approximate surface area is 112 Å². The van der Waals surface area contributed by atoms with Crippen LogP contribution in [-0.4, -0.2) is 55.9 Å². The van der Waals surface area contributed by atoms with E-state index in [1.807, 2.05) is 0 Å². The molecule has 0 spiro atoms. The fraction of sp³-hybridized carbons (Fsp3) is 0.714. The molecule has 0 fully saturated rings. The van der Waals surface area contributed by atoms with E-state index in [1.165, 1.54) is 0 Å². The van der Waals surface area contributed by atoms with Gasteiger partial charge in [-0.15, -0.1) is 0 Å². The van der Waals surface area contributed by atoms with Crippen molar-refractivity contribution in [3.63, 3.8) is 0 Å². The van der Waals surface area contributed by atoms with E-state index in [0.29, 0.717) is 0 Å². The smallest absolute Gasteiger partial charge is 0.369 e. The molecule has 118 valence electrons. The van der Waals surface area contributed by atoms with Crippen LogP contribution in [0.2, 0.25) is 0 Å². The molecule has 0 bridgehead atoms. The van der Waals surface area contributed by atoms with Crippen molar-refractivity contribution < 1.29 is 52.9 Å². The minimum Gasteiger partial charge on any atom is -0.468 e. The third-order valence-electron chi connectivity index (χ3n) is 2.38. The van der Waals surface area contributed by atoms with Gasteiger partial charge in [0.2, 0.25) is 0 Å². The second kappa shape index (κ2) is 6.31. The maximum absolute atomic E-state index is 11.3. The molecule has 0 aliphatic rings. The van der Waals surface area contributed by atoms with Crippen LogP contribution in [0.3, 0.4) is 0 Å². The molecule has 0 saturated carbocycles. The molecule has 11 nitrogen and oxygen atoms in total. The first-order valence-corrected chi connectivity index (χ1v) is 8.03. The fourth-order valence-electron chi connectivity index (χ4n) is 1.23. The van der Waals surface area contributed by atoms with E-state index >= 15 is 0 Å². The van der Waals surface area contributed by atoms with E-state index in [2.05, 4.69) is 9.47 Å². The number of hydrogen-bond donors (Lipinski definition) is 5. The SMILES string of the molecule is COC(=O)C(CC(O)(P(=O)(O)O)P(=O)(O)O)C(=O)OC. The zero-order valence-electron chi connectivity index (χ0n) is 10.4. The average molecular weight is 336 g/mol. The van der Waals surface area contributed by atoms with Crippen LogP contribution in [-0.2, 0) is 28.2 Å².